The van der Waals surface area contributed by atoms with E-state index in [1.54, 1.807) is 12.1 Å². The van der Waals surface area contributed by atoms with Crippen LogP contribution in [0.4, 0.5) is 4.39 Å². The van der Waals surface area contributed by atoms with Gasteiger partial charge in [-0.25, -0.2) is 4.39 Å². The molecule has 0 unspecified atom stereocenters. The number of fused-ring (bicyclic) bond motifs is 2. The van der Waals surface area contributed by atoms with Gasteiger partial charge >= 0.3 is 0 Å². The van der Waals surface area contributed by atoms with Crippen molar-refractivity contribution < 1.29 is 9.13 Å². The zero-order valence-electron chi connectivity index (χ0n) is 16.0. The van der Waals surface area contributed by atoms with Crippen molar-refractivity contribution in [3.63, 3.8) is 0 Å². The van der Waals surface area contributed by atoms with Gasteiger partial charge in [-0.1, -0.05) is 12.1 Å². The van der Waals surface area contributed by atoms with Gasteiger partial charge in [-0.3, -0.25) is 14.0 Å². The fraction of sp³-hybridized carbons (Fsp3) is 0.273. The summed E-state index contributed by atoms with van der Waals surface area (Å²) in [5, 5.41) is 0.359. The number of rotatable bonds is 4. The van der Waals surface area contributed by atoms with Crippen LogP contribution in [0.2, 0.25) is 0 Å². The SMILES string of the molecule is CC(C)Oc1cccc(-c2cc3c(cc2F)c(=O)c2c(=O)[nH]sc2n3C2CC2)c1. The minimum atomic E-state index is -0.496. The van der Waals surface area contributed by atoms with Gasteiger partial charge in [0, 0.05) is 17.0 Å². The fourth-order valence-corrected chi connectivity index (χ4v) is 4.70. The highest BCUT2D eigenvalue weighted by molar-refractivity contribution is 7.12. The van der Waals surface area contributed by atoms with Crippen molar-refractivity contribution in [3.8, 4) is 16.9 Å². The van der Waals surface area contributed by atoms with Gasteiger partial charge in [0.1, 0.15) is 21.8 Å². The first-order valence-electron chi connectivity index (χ1n) is 9.60. The Morgan fingerprint density at radius 1 is 1.21 bits per heavy atom. The van der Waals surface area contributed by atoms with Crippen LogP contribution in [0.3, 0.4) is 0 Å². The van der Waals surface area contributed by atoms with Crippen molar-refractivity contribution in [2.45, 2.75) is 38.8 Å². The standard InChI is InChI=1S/C22H19FN2O3S/c1-11(2)28-14-5-3-4-12(8-14)15-10-18-16(9-17(15)23)20(26)19-21(27)24-29-22(19)25(18)13-6-7-13/h3-5,8-11,13H,6-7H2,1-2H3,(H,24,27). The molecule has 0 saturated heterocycles. The van der Waals surface area contributed by atoms with Gasteiger partial charge in [0.15, 0.2) is 0 Å². The van der Waals surface area contributed by atoms with E-state index < -0.39 is 16.8 Å². The zero-order chi connectivity index (χ0) is 20.3. The first kappa shape index (κ1) is 18.1. The Hall–Kier alpha value is -2.93. The van der Waals surface area contributed by atoms with Gasteiger partial charge in [-0.15, -0.1) is 0 Å². The lowest BCUT2D eigenvalue weighted by atomic mass is 10.0. The molecule has 2 aromatic carbocycles. The normalized spacial score (nSPS) is 14.2. The summed E-state index contributed by atoms with van der Waals surface area (Å²) in [7, 11) is 0. The van der Waals surface area contributed by atoms with E-state index in [1.807, 2.05) is 36.6 Å². The lowest BCUT2D eigenvalue weighted by Crippen LogP contribution is -2.15. The molecule has 0 bridgehead atoms. The van der Waals surface area contributed by atoms with Crippen molar-refractivity contribution >= 4 is 32.7 Å². The molecule has 4 aromatic rings. The second-order valence-corrected chi connectivity index (χ2v) is 8.48. The number of nitrogens with one attached hydrogen (secondary N) is 1. The largest absolute Gasteiger partial charge is 0.491 e. The van der Waals surface area contributed by atoms with Crippen LogP contribution in [-0.2, 0) is 0 Å². The average molecular weight is 410 g/mol. The third kappa shape index (κ3) is 2.97. The van der Waals surface area contributed by atoms with Crippen LogP contribution >= 0.6 is 11.5 Å². The third-order valence-corrected chi connectivity index (χ3v) is 6.03. The molecular weight excluding hydrogens is 391 g/mol. The first-order chi connectivity index (χ1) is 13.9. The summed E-state index contributed by atoms with van der Waals surface area (Å²) in [4.78, 5) is 25.7. The van der Waals surface area contributed by atoms with Crippen LogP contribution in [0.25, 0.3) is 32.2 Å². The summed E-state index contributed by atoms with van der Waals surface area (Å²) < 4.78 is 25.5. The van der Waals surface area contributed by atoms with Gasteiger partial charge in [0.05, 0.1) is 11.6 Å². The maximum atomic E-state index is 15.1. The molecule has 1 N–H and O–H groups in total. The smallest absolute Gasteiger partial charge is 0.271 e. The molecule has 2 heterocycles. The number of aromatic amines is 1. The maximum Gasteiger partial charge on any atom is 0.271 e. The Bertz CT molecular complexity index is 1380. The lowest BCUT2D eigenvalue weighted by Gasteiger charge is -2.14. The minimum absolute atomic E-state index is 0.0106. The molecule has 0 spiro atoms. The number of hydrogen-bond donors (Lipinski definition) is 1. The molecule has 0 amide bonds. The molecule has 2 aromatic heterocycles. The van der Waals surface area contributed by atoms with Gasteiger partial charge in [-0.05, 0) is 68.1 Å². The third-order valence-electron chi connectivity index (χ3n) is 5.15. The molecule has 1 aliphatic carbocycles. The van der Waals surface area contributed by atoms with Crippen molar-refractivity contribution in [3.05, 3.63) is 62.8 Å². The van der Waals surface area contributed by atoms with Crippen LogP contribution in [-0.4, -0.2) is 15.0 Å². The van der Waals surface area contributed by atoms with E-state index in [2.05, 4.69) is 4.37 Å². The fourth-order valence-electron chi connectivity index (χ4n) is 3.78. The van der Waals surface area contributed by atoms with Crippen molar-refractivity contribution in [1.82, 2.24) is 8.94 Å². The average Bonchev–Trinajstić information content (AvgIpc) is 3.44. The molecule has 1 aliphatic rings. The van der Waals surface area contributed by atoms with Crippen LogP contribution in [0, 0.1) is 5.82 Å². The highest BCUT2D eigenvalue weighted by Crippen LogP contribution is 2.41. The van der Waals surface area contributed by atoms with E-state index in [9.17, 15) is 9.59 Å². The number of ether oxygens (including phenoxy) is 1. The predicted octanol–water partition coefficient (Wildman–Crippen LogP) is 4.83. The van der Waals surface area contributed by atoms with Gasteiger partial charge in [0.2, 0.25) is 5.43 Å². The number of H-pyrrole nitrogens is 1. The summed E-state index contributed by atoms with van der Waals surface area (Å²) in [6, 6.07) is 10.5. The number of nitrogens with zero attached hydrogens (tertiary/aromatic N) is 1. The second-order valence-electron chi connectivity index (χ2n) is 7.69. The van der Waals surface area contributed by atoms with Crippen LogP contribution in [0.1, 0.15) is 32.7 Å². The summed E-state index contributed by atoms with van der Waals surface area (Å²) in [6.45, 7) is 3.87. The lowest BCUT2D eigenvalue weighted by molar-refractivity contribution is 0.242. The van der Waals surface area contributed by atoms with Crippen molar-refractivity contribution in [1.29, 1.82) is 0 Å². The number of halogens is 1. The quantitative estimate of drug-likeness (QED) is 0.524. The number of benzene rings is 2. The van der Waals surface area contributed by atoms with E-state index >= 15 is 4.39 Å². The minimum Gasteiger partial charge on any atom is -0.491 e. The molecular formula is C22H19FN2O3S. The highest BCUT2D eigenvalue weighted by atomic mass is 32.1. The Kier molecular flexibility index (Phi) is 4.10. The van der Waals surface area contributed by atoms with Gasteiger partial charge in [0.25, 0.3) is 5.56 Å². The number of aromatic nitrogens is 2. The van der Waals surface area contributed by atoms with Crippen molar-refractivity contribution in [2.75, 3.05) is 0 Å². The molecule has 1 fully saturated rings. The van der Waals surface area contributed by atoms with E-state index in [0.29, 0.717) is 27.2 Å². The topological polar surface area (TPSA) is 64.1 Å². The Labute approximate surface area is 169 Å². The molecule has 0 radical (unpaired) electrons. The summed E-state index contributed by atoms with van der Waals surface area (Å²) >= 11 is 1.16. The molecule has 0 atom stereocenters. The van der Waals surface area contributed by atoms with Gasteiger partial charge < -0.3 is 9.30 Å². The van der Waals surface area contributed by atoms with Crippen LogP contribution < -0.4 is 15.7 Å². The van der Waals surface area contributed by atoms with E-state index in [1.165, 1.54) is 6.07 Å². The molecule has 148 valence electrons. The molecule has 5 rings (SSSR count). The Morgan fingerprint density at radius 2 is 2.00 bits per heavy atom. The molecule has 5 nitrogen and oxygen atoms in total. The van der Waals surface area contributed by atoms with E-state index in [-0.39, 0.29) is 22.9 Å². The predicted molar refractivity (Wildman–Crippen MR) is 114 cm³/mol. The second kappa shape index (κ2) is 6.56. The number of hydrogen-bond acceptors (Lipinski definition) is 4. The van der Waals surface area contributed by atoms with Crippen LogP contribution in [0.15, 0.2) is 46.0 Å². The first-order valence-corrected chi connectivity index (χ1v) is 10.4. The maximum absolute atomic E-state index is 15.1. The number of pyridine rings is 1. The molecule has 0 aliphatic heterocycles. The summed E-state index contributed by atoms with van der Waals surface area (Å²) in [6.07, 6.45) is 1.96. The van der Waals surface area contributed by atoms with Crippen LogP contribution in [0.5, 0.6) is 5.75 Å². The van der Waals surface area contributed by atoms with E-state index in [0.717, 1.165) is 24.4 Å². The van der Waals surface area contributed by atoms with Crippen molar-refractivity contribution in [2.24, 2.45) is 0 Å². The Morgan fingerprint density at radius 3 is 2.72 bits per heavy atom. The van der Waals surface area contributed by atoms with E-state index in [4.69, 9.17) is 4.74 Å². The molecule has 7 heteroatoms. The summed E-state index contributed by atoms with van der Waals surface area (Å²) in [5.74, 6) is 0.167. The highest BCUT2D eigenvalue weighted by Gasteiger charge is 2.29. The molecule has 29 heavy (non-hydrogen) atoms. The van der Waals surface area contributed by atoms with Gasteiger partial charge in [-0.2, -0.15) is 0 Å². The zero-order valence-corrected chi connectivity index (χ0v) is 16.8. The monoisotopic (exact) mass is 410 g/mol. The molecule has 1 saturated carbocycles. The summed E-state index contributed by atoms with van der Waals surface area (Å²) in [5.41, 5.74) is 0.917. The Balaban J connectivity index is 1.80.